The summed E-state index contributed by atoms with van der Waals surface area (Å²) in [4.78, 5) is 0. The number of hydrogen-bond acceptors (Lipinski definition) is 4. The number of aliphatic hydroxyl groups is 2. The van der Waals surface area contributed by atoms with Gasteiger partial charge in [0.1, 0.15) is 6.79 Å². The minimum atomic E-state index is -0.250. The van der Waals surface area contributed by atoms with Gasteiger partial charge in [-0.2, -0.15) is 0 Å². The van der Waals surface area contributed by atoms with Gasteiger partial charge in [-0.05, 0) is 12.8 Å². The van der Waals surface area contributed by atoms with Gasteiger partial charge >= 0.3 is 0 Å². The van der Waals surface area contributed by atoms with E-state index in [0.29, 0.717) is 19.8 Å². The molecule has 68 valence electrons. The van der Waals surface area contributed by atoms with Gasteiger partial charge < -0.3 is 19.7 Å². The molecule has 0 aliphatic heterocycles. The maximum Gasteiger partial charge on any atom is 0.143 e. The van der Waals surface area contributed by atoms with E-state index in [9.17, 15) is 0 Å². The van der Waals surface area contributed by atoms with Gasteiger partial charge in [0.15, 0.2) is 0 Å². The minimum absolute atomic E-state index is 0.219. The Morgan fingerprint density at radius 1 is 0.818 bits per heavy atom. The van der Waals surface area contributed by atoms with Gasteiger partial charge in [-0.25, -0.2) is 0 Å². The molecule has 2 N–H and O–H groups in total. The van der Waals surface area contributed by atoms with Gasteiger partial charge in [0.25, 0.3) is 0 Å². The average Bonchev–Trinajstić information content (AvgIpc) is 2.03. The quantitative estimate of drug-likeness (QED) is 0.383. The van der Waals surface area contributed by atoms with Crippen LogP contribution in [0.25, 0.3) is 0 Å². The molecule has 0 aliphatic carbocycles. The highest BCUT2D eigenvalue weighted by molar-refractivity contribution is 4.35. The maximum atomic E-state index is 8.39. The smallest absolute Gasteiger partial charge is 0.143 e. The van der Waals surface area contributed by atoms with Crippen molar-refractivity contribution in [2.45, 2.75) is 12.8 Å². The Bertz CT molecular complexity index is 59.5. The second kappa shape index (κ2) is 9.84. The van der Waals surface area contributed by atoms with Crippen LogP contribution in [0.3, 0.4) is 0 Å². The van der Waals surface area contributed by atoms with E-state index >= 15 is 0 Å². The molecule has 0 saturated carbocycles. The molecule has 4 heteroatoms. The van der Waals surface area contributed by atoms with Crippen molar-refractivity contribution < 1.29 is 19.7 Å². The van der Waals surface area contributed by atoms with Crippen molar-refractivity contribution in [1.82, 2.24) is 0 Å². The summed E-state index contributed by atoms with van der Waals surface area (Å²) in [5, 5.41) is 16.6. The first kappa shape index (κ1) is 10.8. The fourth-order valence-corrected chi connectivity index (χ4v) is 0.600. The van der Waals surface area contributed by atoms with E-state index in [1.165, 1.54) is 0 Å². The molecule has 0 saturated heterocycles. The van der Waals surface area contributed by atoms with Crippen LogP contribution in [0.5, 0.6) is 0 Å². The monoisotopic (exact) mass is 164 g/mol. The number of rotatable bonds is 8. The van der Waals surface area contributed by atoms with Gasteiger partial charge in [-0.1, -0.05) is 0 Å². The first-order valence-corrected chi connectivity index (χ1v) is 3.79. The number of unbranched alkanes of at least 4 members (excludes halogenated alkanes) is 1. The zero-order valence-corrected chi connectivity index (χ0v) is 6.66. The van der Waals surface area contributed by atoms with Crippen molar-refractivity contribution in [1.29, 1.82) is 0 Å². The zero-order chi connectivity index (χ0) is 8.36. The normalized spacial score (nSPS) is 10.4. The second-order valence-electron chi connectivity index (χ2n) is 2.08. The highest BCUT2D eigenvalue weighted by atomic mass is 16.6. The molecule has 0 aromatic heterocycles. The van der Waals surface area contributed by atoms with Crippen molar-refractivity contribution in [3.8, 4) is 0 Å². The van der Waals surface area contributed by atoms with E-state index in [-0.39, 0.29) is 13.4 Å². The molecule has 0 radical (unpaired) electrons. The molecule has 0 unspecified atom stereocenters. The van der Waals surface area contributed by atoms with Crippen LogP contribution < -0.4 is 0 Å². The van der Waals surface area contributed by atoms with Gasteiger partial charge in [-0.15, -0.1) is 0 Å². The van der Waals surface area contributed by atoms with Crippen molar-refractivity contribution in [3.05, 3.63) is 0 Å². The van der Waals surface area contributed by atoms with Crippen molar-refractivity contribution in [2.75, 3.05) is 33.2 Å². The number of hydrogen-bond donors (Lipinski definition) is 2. The highest BCUT2D eigenvalue weighted by Crippen LogP contribution is 1.87. The molecular weight excluding hydrogens is 148 g/mol. The molecule has 0 aromatic carbocycles. The Labute approximate surface area is 66.7 Å². The molecule has 0 heterocycles. The third kappa shape index (κ3) is 9.84. The summed E-state index contributed by atoms with van der Waals surface area (Å²) in [5.74, 6) is 0. The van der Waals surface area contributed by atoms with Gasteiger partial charge in [0, 0.05) is 13.2 Å². The SMILES string of the molecule is OCCCCOCCOCO. The summed E-state index contributed by atoms with van der Waals surface area (Å²) in [5.41, 5.74) is 0. The summed E-state index contributed by atoms with van der Waals surface area (Å²) >= 11 is 0. The molecule has 4 nitrogen and oxygen atoms in total. The first-order chi connectivity index (χ1) is 5.41. The summed E-state index contributed by atoms with van der Waals surface area (Å²) < 4.78 is 9.71. The average molecular weight is 164 g/mol. The molecular formula is C7H16O4. The fourth-order valence-electron chi connectivity index (χ4n) is 0.600. The van der Waals surface area contributed by atoms with Crippen LogP contribution in [0.2, 0.25) is 0 Å². The fraction of sp³-hybridized carbons (Fsp3) is 1.00. The maximum absolute atomic E-state index is 8.39. The van der Waals surface area contributed by atoms with E-state index in [4.69, 9.17) is 14.9 Å². The Kier molecular flexibility index (Phi) is 9.70. The standard InChI is InChI=1S/C7H16O4/c8-3-1-2-4-10-5-6-11-7-9/h8-9H,1-7H2. The third-order valence-corrected chi connectivity index (χ3v) is 1.16. The molecule has 0 rings (SSSR count). The molecule has 0 amide bonds. The van der Waals surface area contributed by atoms with Crippen LogP contribution in [-0.4, -0.2) is 43.4 Å². The molecule has 0 spiro atoms. The van der Waals surface area contributed by atoms with E-state index in [2.05, 4.69) is 4.74 Å². The Balaban J connectivity index is 2.69. The zero-order valence-electron chi connectivity index (χ0n) is 6.66. The predicted octanol–water partition coefficient (Wildman–Crippen LogP) is -0.258. The van der Waals surface area contributed by atoms with Crippen molar-refractivity contribution >= 4 is 0 Å². The second-order valence-corrected chi connectivity index (χ2v) is 2.08. The summed E-state index contributed by atoms with van der Waals surface area (Å²) in [6, 6.07) is 0. The van der Waals surface area contributed by atoms with Crippen molar-refractivity contribution in [2.24, 2.45) is 0 Å². The first-order valence-electron chi connectivity index (χ1n) is 3.79. The lowest BCUT2D eigenvalue weighted by atomic mass is 10.3. The lowest BCUT2D eigenvalue weighted by molar-refractivity contribution is -0.0296. The molecule has 0 atom stereocenters. The van der Waals surface area contributed by atoms with E-state index < -0.39 is 0 Å². The summed E-state index contributed by atoms with van der Waals surface area (Å²) in [6.45, 7) is 1.55. The van der Waals surface area contributed by atoms with E-state index in [1.54, 1.807) is 0 Å². The molecule has 0 fully saturated rings. The largest absolute Gasteiger partial charge is 0.396 e. The lowest BCUT2D eigenvalue weighted by Crippen LogP contribution is -2.05. The molecule has 11 heavy (non-hydrogen) atoms. The lowest BCUT2D eigenvalue weighted by Gasteiger charge is -2.02. The van der Waals surface area contributed by atoms with Crippen LogP contribution in [-0.2, 0) is 9.47 Å². The summed E-state index contributed by atoms with van der Waals surface area (Å²) in [6.07, 6.45) is 1.65. The third-order valence-electron chi connectivity index (χ3n) is 1.16. The Morgan fingerprint density at radius 2 is 1.55 bits per heavy atom. The van der Waals surface area contributed by atoms with Crippen LogP contribution in [0.4, 0.5) is 0 Å². The Hall–Kier alpha value is -0.160. The summed E-state index contributed by atoms with van der Waals surface area (Å²) in [7, 11) is 0. The van der Waals surface area contributed by atoms with Crippen LogP contribution in [0, 0.1) is 0 Å². The van der Waals surface area contributed by atoms with Crippen molar-refractivity contribution in [3.63, 3.8) is 0 Å². The van der Waals surface area contributed by atoms with Crippen LogP contribution in [0.15, 0.2) is 0 Å². The molecule has 0 aliphatic rings. The molecule has 0 bridgehead atoms. The van der Waals surface area contributed by atoms with Crippen LogP contribution in [0.1, 0.15) is 12.8 Å². The topological polar surface area (TPSA) is 58.9 Å². The van der Waals surface area contributed by atoms with E-state index in [1.807, 2.05) is 0 Å². The number of ether oxygens (including phenoxy) is 2. The van der Waals surface area contributed by atoms with E-state index in [0.717, 1.165) is 12.8 Å². The van der Waals surface area contributed by atoms with Crippen LogP contribution >= 0.6 is 0 Å². The minimum Gasteiger partial charge on any atom is -0.396 e. The van der Waals surface area contributed by atoms with Gasteiger partial charge in [0.2, 0.25) is 0 Å². The number of aliphatic hydroxyl groups excluding tert-OH is 2. The Morgan fingerprint density at radius 3 is 2.18 bits per heavy atom. The van der Waals surface area contributed by atoms with Gasteiger partial charge in [-0.3, -0.25) is 0 Å². The molecule has 0 aromatic rings. The van der Waals surface area contributed by atoms with Gasteiger partial charge in [0.05, 0.1) is 13.2 Å². The predicted molar refractivity (Wildman–Crippen MR) is 40.2 cm³/mol. The highest BCUT2D eigenvalue weighted by Gasteiger charge is 1.88.